The van der Waals surface area contributed by atoms with E-state index in [0.717, 1.165) is 0 Å². The van der Waals surface area contributed by atoms with E-state index in [4.69, 9.17) is 24.5 Å². The number of non-ortho nitro benzene ring substituents is 3. The molecule has 0 heterocycles. The predicted octanol–water partition coefficient (Wildman–Crippen LogP) is 15.6. The number of urea groups is 3. The molecule has 33 nitrogen and oxygen atoms in total. The van der Waals surface area contributed by atoms with E-state index in [9.17, 15) is 63.3 Å². The second-order valence-corrected chi connectivity index (χ2v) is 30.6. The third-order valence-electron chi connectivity index (χ3n) is 18.3. The lowest BCUT2D eigenvalue weighted by Crippen LogP contribution is -2.50. The third kappa shape index (κ3) is 49.4. The summed E-state index contributed by atoms with van der Waals surface area (Å²) in [6, 6.07) is 34.0. The van der Waals surface area contributed by atoms with Crippen molar-refractivity contribution in [2.75, 3.05) is 136 Å². The maximum Gasteiger partial charge on any atom is 0.323 e. The first-order valence-electron chi connectivity index (χ1n) is 40.6. The molecular formula is C84H127N16O17PS. The first-order chi connectivity index (χ1) is 56.7. The van der Waals surface area contributed by atoms with Crippen LogP contribution in [-0.2, 0) is 15.4 Å². The zero-order valence-corrected chi connectivity index (χ0v) is 72.7. The Balaban J connectivity index is 0.00000124. The van der Waals surface area contributed by atoms with E-state index in [0.29, 0.717) is 70.4 Å². The van der Waals surface area contributed by atoms with Crippen LogP contribution >= 0.6 is 7.82 Å². The number of carbonyl (C=O) groups is 6. The number of benzene rings is 6. The number of nitrogens with one attached hydrogen (secondary N) is 9. The molecule has 6 aromatic carbocycles. The molecule has 656 valence electrons. The van der Waals surface area contributed by atoms with Crippen molar-refractivity contribution in [3.05, 3.63) is 193 Å². The Morgan fingerprint density at radius 2 is 0.538 bits per heavy atom. The summed E-state index contributed by atoms with van der Waals surface area (Å²) in [5.74, 6) is -1.23. The van der Waals surface area contributed by atoms with Gasteiger partial charge in [0.25, 0.3) is 34.8 Å². The van der Waals surface area contributed by atoms with Crippen LogP contribution in [0.1, 0.15) is 196 Å². The van der Waals surface area contributed by atoms with Crippen LogP contribution in [0.3, 0.4) is 0 Å². The van der Waals surface area contributed by atoms with E-state index in [1.165, 1.54) is 317 Å². The van der Waals surface area contributed by atoms with E-state index in [2.05, 4.69) is 103 Å². The summed E-state index contributed by atoms with van der Waals surface area (Å²) in [7, 11) is -5.75. The molecular weight excluding hydrogens is 1570 g/mol. The summed E-state index contributed by atoms with van der Waals surface area (Å²) in [6.45, 7) is 32.8. The Kier molecular flexibility index (Phi) is 55.1. The van der Waals surface area contributed by atoms with Crippen LogP contribution in [0.4, 0.5) is 65.6 Å². The second kappa shape index (κ2) is 61.7. The SMILES string of the molecule is CC#N.CCCC[N+](CCCC)(CCCC)CCCC.CCCC[N+](CCCC)(CCCC)CCCC.CS(C)=O.O=C(Nc1ccc(C(=O)NCCN(CCNC(=O)c2ccc(NC(=O)Nc3ccc([N+](=O)[O-])cc3)cc2)CCNC(=O)c2ccc(NC(=O)Nc3ccc([N+](=O)[O-])cc3)cc2)cc1)Nc1ccc([N+](=O)[O-])cc1.O=P([O-])([O-])O. The summed E-state index contributed by atoms with van der Waals surface area (Å²) in [4.78, 5) is 134. The van der Waals surface area contributed by atoms with Gasteiger partial charge in [-0.05, 0) is 161 Å². The van der Waals surface area contributed by atoms with Gasteiger partial charge in [0.05, 0.1) is 81.0 Å². The van der Waals surface area contributed by atoms with E-state index in [-0.39, 0.29) is 36.7 Å². The van der Waals surface area contributed by atoms with Gasteiger partial charge in [0.2, 0.25) is 0 Å². The molecule has 9 amide bonds. The van der Waals surface area contributed by atoms with Crippen LogP contribution in [0.25, 0.3) is 0 Å². The Morgan fingerprint density at radius 1 is 0.387 bits per heavy atom. The highest BCUT2D eigenvalue weighted by atomic mass is 32.2. The highest BCUT2D eigenvalue weighted by Gasteiger charge is 2.27. The van der Waals surface area contributed by atoms with Gasteiger partial charge < -0.3 is 76.1 Å². The number of unbranched alkanes of at least 4 members (excludes halogenated alkanes) is 8. The fourth-order valence-electron chi connectivity index (χ4n) is 11.9. The number of nitro benzene ring substituents is 3. The molecule has 0 aliphatic rings. The fraction of sp³-hybridized carbons (Fsp3) is 0.488. The molecule has 119 heavy (non-hydrogen) atoms. The fourth-order valence-corrected chi connectivity index (χ4v) is 11.9. The minimum atomic E-state index is -5.14. The third-order valence-corrected chi connectivity index (χ3v) is 18.3. The van der Waals surface area contributed by atoms with Crippen LogP contribution in [0.5, 0.6) is 0 Å². The minimum absolute atomic E-state index is 0.128. The van der Waals surface area contributed by atoms with Gasteiger partial charge in [0.1, 0.15) is 0 Å². The molecule has 6 rings (SSSR count). The molecule has 0 bridgehead atoms. The van der Waals surface area contributed by atoms with Crippen LogP contribution in [0.2, 0.25) is 0 Å². The number of hydrogen-bond acceptors (Lipinski definition) is 18. The van der Waals surface area contributed by atoms with Crippen molar-refractivity contribution in [3.63, 3.8) is 0 Å². The van der Waals surface area contributed by atoms with E-state index in [1.807, 2.05) is 4.90 Å². The van der Waals surface area contributed by atoms with Crippen LogP contribution < -0.4 is 57.6 Å². The predicted molar refractivity (Wildman–Crippen MR) is 470 cm³/mol. The number of phosphoric acid groups is 1. The quantitative estimate of drug-likeness (QED) is 0.00734. The standard InChI is InChI=1S/C48H45N13O12.2C16H36N.C2H3N.C2H6OS.H3O4P/c62-43(31-1-7-34(8-2-31)52-46(65)55-37-13-19-40(20-14-37)59(68)69)49-25-28-58(29-26-50-44(63)32-3-9-35(10-4-32)53-47(66)56-38-15-21-41(22-16-38)60(70)71)30-27-51-45(64)33-5-11-36(12-6-33)54-48(67)57-39-17-23-42(24-18-39)61(72)73;2*1-5-9-13-17(14-10-6-2,15-11-7-3)16-12-8-4;1-2-3;1-4(2)3;1-5(2,3)4/h1-24H,25-30H2,(H,49,62)(H,50,63)(H,51,64)(H2,52,55,65)(H2,53,56,66)(H2,54,57,67);2*5-16H2,1-4H3;1H3;1-2H3;(H3,1,2,3,4)/q;2*+1;;;/p-2. The number of anilines is 6. The topological polar surface area (TPSA) is 468 Å². The van der Waals surface area contributed by atoms with Gasteiger partial charge in [-0.25, -0.2) is 14.4 Å². The number of carbonyl (C=O) groups excluding carboxylic acids is 6. The van der Waals surface area contributed by atoms with Crippen molar-refractivity contribution in [2.24, 2.45) is 0 Å². The van der Waals surface area contributed by atoms with Crippen molar-refractivity contribution in [1.82, 2.24) is 20.9 Å². The average Bonchev–Trinajstić information content (AvgIpc) is 0.885. The maximum absolute atomic E-state index is 13.1. The number of quaternary nitrogens is 2. The molecule has 6 aromatic rings. The summed E-state index contributed by atoms with van der Waals surface area (Å²) >= 11 is 0. The molecule has 0 unspecified atom stereocenters. The molecule has 0 saturated carbocycles. The van der Waals surface area contributed by atoms with Crippen LogP contribution in [0.15, 0.2) is 146 Å². The van der Waals surface area contributed by atoms with Crippen molar-refractivity contribution >= 4 is 106 Å². The monoisotopic (exact) mass is 1690 g/mol. The maximum atomic E-state index is 13.1. The smallest absolute Gasteiger partial charge is 0.323 e. The highest BCUT2D eigenvalue weighted by molar-refractivity contribution is 7.83. The Morgan fingerprint density at radius 3 is 0.681 bits per heavy atom. The zero-order valence-electron chi connectivity index (χ0n) is 71.0. The van der Waals surface area contributed by atoms with Crippen molar-refractivity contribution in [2.45, 2.75) is 165 Å². The molecule has 35 heteroatoms. The van der Waals surface area contributed by atoms with Gasteiger partial charge >= 0.3 is 18.1 Å². The highest BCUT2D eigenvalue weighted by Crippen LogP contribution is 2.23. The number of nitrogens with zero attached hydrogens (tertiary/aromatic N) is 7. The average molecular weight is 1700 g/mol. The minimum Gasteiger partial charge on any atom is -0.790 e. The number of rotatable bonds is 45. The molecule has 0 spiro atoms. The van der Waals surface area contributed by atoms with Gasteiger partial charge in [-0.15, -0.1) is 0 Å². The molecule has 0 fully saturated rings. The van der Waals surface area contributed by atoms with Crippen molar-refractivity contribution in [1.29, 1.82) is 5.26 Å². The Bertz CT molecular complexity index is 3620. The van der Waals surface area contributed by atoms with Gasteiger partial charge in [-0.1, -0.05) is 107 Å². The first-order valence-corrected chi connectivity index (χ1v) is 44.0. The lowest BCUT2D eigenvalue weighted by Gasteiger charge is -2.39. The van der Waals surface area contributed by atoms with Crippen molar-refractivity contribution < 1.29 is 76.0 Å². The summed E-state index contributed by atoms with van der Waals surface area (Å²) in [5, 5.41) is 64.1. The lowest BCUT2D eigenvalue weighted by atomic mass is 10.1. The molecule has 0 aromatic heterocycles. The van der Waals surface area contributed by atoms with E-state index >= 15 is 0 Å². The number of nitriles is 1. The molecule has 10 N–H and O–H groups in total. The van der Waals surface area contributed by atoms with Crippen molar-refractivity contribution in [3.8, 4) is 6.07 Å². The normalized spacial score (nSPS) is 10.7. The largest absolute Gasteiger partial charge is 0.790 e. The number of nitro groups is 3. The van der Waals surface area contributed by atoms with Gasteiger partial charge in [0.15, 0.2) is 0 Å². The van der Waals surface area contributed by atoms with Gasteiger partial charge in [0, 0.05) is 157 Å². The van der Waals surface area contributed by atoms with Gasteiger partial charge in [-0.2, -0.15) is 5.26 Å². The lowest BCUT2D eigenvalue weighted by molar-refractivity contribution is -0.929. The Labute approximate surface area is 704 Å². The first kappa shape index (κ1) is 106. The molecule has 0 radical (unpaired) electrons. The van der Waals surface area contributed by atoms with E-state index in [1.54, 1.807) is 18.6 Å². The molecule has 0 aliphatic carbocycles. The van der Waals surface area contributed by atoms with Crippen LogP contribution in [0, 0.1) is 41.7 Å². The van der Waals surface area contributed by atoms with E-state index < -0.39 is 69.2 Å². The molecule has 0 aliphatic heterocycles. The molecule has 0 saturated heterocycles. The zero-order chi connectivity index (χ0) is 89.0. The number of hydrogen-bond donors (Lipinski definition) is 10. The summed E-state index contributed by atoms with van der Waals surface area (Å²) in [6.07, 6.45) is 25.4. The Hall–Kier alpha value is -10.6. The second-order valence-electron chi connectivity index (χ2n) is 28.2. The summed E-state index contributed by atoms with van der Waals surface area (Å²) < 4.78 is 21.1. The van der Waals surface area contributed by atoms with Crippen LogP contribution in [-0.4, -0.2) is 178 Å². The number of amides is 9. The summed E-state index contributed by atoms with van der Waals surface area (Å²) in [5.41, 5.74) is 2.63. The van der Waals surface area contributed by atoms with Gasteiger partial charge in [-0.3, -0.25) is 53.8 Å². The molecule has 0 atom stereocenters.